The third-order valence-corrected chi connectivity index (χ3v) is 2.11. The number of methoxy groups -OCH3 is 1. The molecular weight excluding hydrogens is 240 g/mol. The number of carbonyl (C=O) groups excluding carboxylic acids is 1. The monoisotopic (exact) mass is 258 g/mol. The Morgan fingerprint density at radius 3 is 2.61 bits per heavy atom. The maximum atomic E-state index is 11.4. The second-order valence-corrected chi connectivity index (χ2v) is 3.77. The van der Waals surface area contributed by atoms with Gasteiger partial charge in [0.05, 0.1) is 19.3 Å². The molecular formula is C11H18N2O5. The lowest BCUT2D eigenvalue weighted by molar-refractivity contribution is -0.143. The van der Waals surface area contributed by atoms with E-state index in [1.807, 2.05) is 6.07 Å². The zero-order chi connectivity index (χ0) is 14.0. The molecule has 1 amide bonds. The number of nitrogens with one attached hydrogen (secondary N) is 1. The molecule has 0 aliphatic heterocycles. The van der Waals surface area contributed by atoms with Crippen molar-refractivity contribution in [2.24, 2.45) is 5.92 Å². The first-order valence-corrected chi connectivity index (χ1v) is 5.49. The van der Waals surface area contributed by atoms with E-state index < -0.39 is 23.8 Å². The normalized spacial score (nSPS) is 13.4. The number of carboxylic acid groups (broad SMARTS) is 1. The van der Waals surface area contributed by atoms with Crippen LogP contribution in [0.4, 0.5) is 0 Å². The summed E-state index contributed by atoms with van der Waals surface area (Å²) in [6.45, 7) is 1.99. The number of amides is 1. The summed E-state index contributed by atoms with van der Waals surface area (Å²) in [5.41, 5.74) is 0. The molecule has 0 bridgehead atoms. The summed E-state index contributed by atoms with van der Waals surface area (Å²) in [6, 6.07) is 0.850. The quantitative estimate of drug-likeness (QED) is 0.553. The van der Waals surface area contributed by atoms with Gasteiger partial charge in [-0.05, 0) is 13.3 Å². The van der Waals surface area contributed by atoms with E-state index in [-0.39, 0.29) is 19.6 Å². The molecule has 0 fully saturated rings. The molecule has 0 heterocycles. The first-order chi connectivity index (χ1) is 8.51. The Labute approximate surface area is 106 Å². The number of nitriles is 1. The average molecular weight is 258 g/mol. The fourth-order valence-electron chi connectivity index (χ4n) is 1.17. The zero-order valence-corrected chi connectivity index (χ0v) is 10.5. The van der Waals surface area contributed by atoms with Crippen molar-refractivity contribution in [3.05, 3.63) is 0 Å². The summed E-state index contributed by atoms with van der Waals surface area (Å²) < 4.78 is 9.68. The first-order valence-electron chi connectivity index (χ1n) is 5.49. The maximum Gasteiger partial charge on any atom is 0.326 e. The molecule has 2 N–H and O–H groups in total. The molecule has 0 aliphatic rings. The van der Waals surface area contributed by atoms with Crippen LogP contribution in [0.15, 0.2) is 0 Å². The number of rotatable bonds is 9. The lowest BCUT2D eigenvalue weighted by Gasteiger charge is -2.15. The van der Waals surface area contributed by atoms with Crippen LogP contribution >= 0.6 is 0 Å². The van der Waals surface area contributed by atoms with Gasteiger partial charge in [-0.25, -0.2) is 4.79 Å². The van der Waals surface area contributed by atoms with Crippen molar-refractivity contribution < 1.29 is 24.2 Å². The van der Waals surface area contributed by atoms with Gasteiger partial charge < -0.3 is 19.9 Å². The minimum atomic E-state index is -1.16. The number of nitrogens with zero attached hydrogens (tertiary/aromatic N) is 1. The van der Waals surface area contributed by atoms with Gasteiger partial charge in [0.2, 0.25) is 5.91 Å². The van der Waals surface area contributed by atoms with Gasteiger partial charge >= 0.3 is 5.97 Å². The average Bonchev–Trinajstić information content (AvgIpc) is 2.33. The van der Waals surface area contributed by atoms with Crippen molar-refractivity contribution in [1.82, 2.24) is 5.32 Å². The van der Waals surface area contributed by atoms with E-state index in [0.717, 1.165) is 0 Å². The number of hydrogen-bond acceptors (Lipinski definition) is 5. The number of ether oxygens (including phenoxy) is 2. The smallest absolute Gasteiger partial charge is 0.326 e. The van der Waals surface area contributed by atoms with E-state index in [9.17, 15) is 9.59 Å². The van der Waals surface area contributed by atoms with Gasteiger partial charge in [-0.15, -0.1) is 0 Å². The van der Waals surface area contributed by atoms with Gasteiger partial charge in [0, 0.05) is 13.0 Å². The van der Waals surface area contributed by atoms with Crippen LogP contribution in [0.5, 0.6) is 0 Å². The standard InChI is InChI=1S/C11H18N2O5/c1-8(6-12)5-9(11(15)16)13-10(14)7-18-4-3-17-2/h8-9H,3-5,7H2,1-2H3,(H,13,14)(H,15,16)/t8-,9-/m1/s1. The summed E-state index contributed by atoms with van der Waals surface area (Å²) >= 11 is 0. The topological polar surface area (TPSA) is 109 Å². The molecule has 0 saturated carbocycles. The largest absolute Gasteiger partial charge is 0.480 e. The van der Waals surface area contributed by atoms with Crippen molar-refractivity contribution in [2.75, 3.05) is 26.9 Å². The summed E-state index contributed by atoms with van der Waals surface area (Å²) in [7, 11) is 1.51. The third kappa shape index (κ3) is 7.60. The summed E-state index contributed by atoms with van der Waals surface area (Å²) in [5.74, 6) is -2.13. The second-order valence-electron chi connectivity index (χ2n) is 3.77. The Morgan fingerprint density at radius 1 is 1.44 bits per heavy atom. The van der Waals surface area contributed by atoms with Crippen molar-refractivity contribution in [2.45, 2.75) is 19.4 Å². The summed E-state index contributed by atoms with van der Waals surface area (Å²) in [6.07, 6.45) is 0.0651. The van der Waals surface area contributed by atoms with Crippen LogP contribution in [0, 0.1) is 17.2 Å². The highest BCUT2D eigenvalue weighted by Crippen LogP contribution is 2.04. The van der Waals surface area contributed by atoms with Gasteiger partial charge in [-0.1, -0.05) is 0 Å². The molecule has 0 rings (SSSR count). The maximum absolute atomic E-state index is 11.4. The highest BCUT2D eigenvalue weighted by molar-refractivity contribution is 5.84. The van der Waals surface area contributed by atoms with Crippen molar-refractivity contribution in [3.8, 4) is 6.07 Å². The summed E-state index contributed by atoms with van der Waals surface area (Å²) in [4.78, 5) is 22.2. The van der Waals surface area contributed by atoms with E-state index in [0.29, 0.717) is 6.61 Å². The van der Waals surface area contributed by atoms with Crippen LogP contribution < -0.4 is 5.32 Å². The summed E-state index contributed by atoms with van der Waals surface area (Å²) in [5, 5.41) is 19.8. The molecule has 0 aromatic rings. The second kappa shape index (κ2) is 9.39. The van der Waals surface area contributed by atoms with Gasteiger partial charge in [0.15, 0.2) is 0 Å². The molecule has 2 atom stereocenters. The zero-order valence-electron chi connectivity index (χ0n) is 10.5. The van der Waals surface area contributed by atoms with Gasteiger partial charge in [0.1, 0.15) is 12.6 Å². The molecule has 18 heavy (non-hydrogen) atoms. The fraction of sp³-hybridized carbons (Fsp3) is 0.727. The molecule has 7 nitrogen and oxygen atoms in total. The van der Waals surface area contributed by atoms with E-state index in [4.69, 9.17) is 19.8 Å². The number of carbonyl (C=O) groups is 2. The molecule has 0 saturated heterocycles. The van der Waals surface area contributed by atoms with Crippen LogP contribution in [-0.2, 0) is 19.1 Å². The van der Waals surface area contributed by atoms with Crippen LogP contribution in [0.3, 0.4) is 0 Å². The van der Waals surface area contributed by atoms with Crippen molar-refractivity contribution in [3.63, 3.8) is 0 Å². The van der Waals surface area contributed by atoms with Crippen molar-refractivity contribution >= 4 is 11.9 Å². The predicted octanol–water partition coefficient (Wildman–Crippen LogP) is -0.231. The third-order valence-electron chi connectivity index (χ3n) is 2.11. The van der Waals surface area contributed by atoms with Crippen molar-refractivity contribution in [1.29, 1.82) is 5.26 Å². The Kier molecular flexibility index (Phi) is 8.53. The van der Waals surface area contributed by atoms with Crippen LogP contribution in [-0.4, -0.2) is 50.0 Å². The first kappa shape index (κ1) is 16.4. The number of carboxylic acids is 1. The molecule has 0 radical (unpaired) electrons. The van der Waals surface area contributed by atoms with Gasteiger partial charge in [0.25, 0.3) is 0 Å². The van der Waals surface area contributed by atoms with Crippen LogP contribution in [0.25, 0.3) is 0 Å². The Balaban J connectivity index is 4.05. The Hall–Kier alpha value is -1.65. The van der Waals surface area contributed by atoms with Crippen LogP contribution in [0.2, 0.25) is 0 Å². The number of hydrogen-bond donors (Lipinski definition) is 2. The highest BCUT2D eigenvalue weighted by Gasteiger charge is 2.22. The van der Waals surface area contributed by atoms with Gasteiger partial charge in [-0.2, -0.15) is 5.26 Å². The number of aliphatic carboxylic acids is 1. The molecule has 0 spiro atoms. The molecule has 102 valence electrons. The lowest BCUT2D eigenvalue weighted by Crippen LogP contribution is -2.43. The molecule has 0 unspecified atom stereocenters. The SMILES string of the molecule is COCCOCC(=O)N[C@H](C[C@@H](C)C#N)C(=O)O. The molecule has 0 aromatic carbocycles. The molecule has 0 aromatic heterocycles. The molecule has 7 heteroatoms. The highest BCUT2D eigenvalue weighted by atomic mass is 16.5. The minimum Gasteiger partial charge on any atom is -0.480 e. The van der Waals surface area contributed by atoms with E-state index >= 15 is 0 Å². The fourth-order valence-corrected chi connectivity index (χ4v) is 1.17. The van der Waals surface area contributed by atoms with Crippen LogP contribution in [0.1, 0.15) is 13.3 Å². The minimum absolute atomic E-state index is 0.0651. The van der Waals surface area contributed by atoms with E-state index in [1.54, 1.807) is 6.92 Å². The van der Waals surface area contributed by atoms with E-state index in [2.05, 4.69) is 5.32 Å². The Morgan fingerprint density at radius 2 is 2.11 bits per heavy atom. The Bertz CT molecular complexity index is 313. The van der Waals surface area contributed by atoms with Gasteiger partial charge in [-0.3, -0.25) is 4.79 Å². The lowest BCUT2D eigenvalue weighted by atomic mass is 10.0. The predicted molar refractivity (Wildman–Crippen MR) is 61.7 cm³/mol. The molecule has 0 aliphatic carbocycles. The van der Waals surface area contributed by atoms with E-state index in [1.165, 1.54) is 7.11 Å².